The average Bonchev–Trinajstić information content (AvgIpc) is 2.29. The van der Waals surface area contributed by atoms with Crippen LogP contribution < -0.4 is 4.90 Å². The van der Waals surface area contributed by atoms with Crippen LogP contribution in [-0.4, -0.2) is 24.8 Å². The molecule has 1 N–H and O–H groups in total. The second-order valence-electron chi connectivity index (χ2n) is 4.63. The van der Waals surface area contributed by atoms with Gasteiger partial charge in [0.25, 0.3) is 0 Å². The van der Waals surface area contributed by atoms with Crippen LogP contribution in [0, 0.1) is 11.8 Å². The number of piperidine rings is 1. The quantitative estimate of drug-likeness (QED) is 0.799. The Bertz CT molecular complexity index is 299. The molecule has 1 fully saturated rings. The molecular weight excluding hydrogens is 186 g/mol. The van der Waals surface area contributed by atoms with Gasteiger partial charge in [0, 0.05) is 25.4 Å². The van der Waals surface area contributed by atoms with E-state index in [9.17, 15) is 5.11 Å². The van der Waals surface area contributed by atoms with Crippen LogP contribution >= 0.6 is 0 Å². The number of nitrogens with zero attached hydrogens (tertiary/aromatic N) is 1. The minimum Gasteiger partial charge on any atom is -0.396 e. The maximum absolute atomic E-state index is 9.25. The van der Waals surface area contributed by atoms with Crippen LogP contribution in [-0.2, 0) is 0 Å². The number of rotatable bonds is 2. The topological polar surface area (TPSA) is 23.5 Å². The van der Waals surface area contributed by atoms with Crippen LogP contribution in [0.15, 0.2) is 30.3 Å². The summed E-state index contributed by atoms with van der Waals surface area (Å²) in [6, 6.07) is 10.5. The lowest BCUT2D eigenvalue weighted by molar-refractivity contribution is 0.189. The second kappa shape index (κ2) is 4.67. The highest BCUT2D eigenvalue weighted by Crippen LogP contribution is 2.25. The van der Waals surface area contributed by atoms with E-state index in [1.54, 1.807) is 0 Å². The molecule has 0 unspecified atom stereocenters. The van der Waals surface area contributed by atoms with Crippen molar-refractivity contribution in [3.63, 3.8) is 0 Å². The van der Waals surface area contributed by atoms with Gasteiger partial charge in [-0.25, -0.2) is 0 Å². The first-order valence-corrected chi connectivity index (χ1v) is 5.70. The Labute approximate surface area is 91.5 Å². The van der Waals surface area contributed by atoms with Gasteiger partial charge in [-0.1, -0.05) is 25.1 Å². The molecule has 1 aliphatic rings. The normalized spacial score (nSPS) is 26.7. The van der Waals surface area contributed by atoms with Gasteiger partial charge in [-0.3, -0.25) is 0 Å². The van der Waals surface area contributed by atoms with Gasteiger partial charge in [0.05, 0.1) is 0 Å². The van der Waals surface area contributed by atoms with Crippen LogP contribution in [0.25, 0.3) is 0 Å². The number of aliphatic hydroxyl groups excluding tert-OH is 1. The maximum Gasteiger partial charge on any atom is 0.0476 e. The van der Waals surface area contributed by atoms with Crippen molar-refractivity contribution in [3.05, 3.63) is 30.3 Å². The second-order valence-corrected chi connectivity index (χ2v) is 4.63. The molecule has 1 heterocycles. The summed E-state index contributed by atoms with van der Waals surface area (Å²) in [4.78, 5) is 2.38. The van der Waals surface area contributed by atoms with Crippen molar-refractivity contribution in [1.82, 2.24) is 0 Å². The monoisotopic (exact) mass is 205 g/mol. The summed E-state index contributed by atoms with van der Waals surface area (Å²) < 4.78 is 0. The Morgan fingerprint density at radius 2 is 2.00 bits per heavy atom. The predicted octanol–water partition coefficient (Wildman–Crippen LogP) is 2.14. The Morgan fingerprint density at radius 1 is 1.27 bits per heavy atom. The molecule has 1 aromatic rings. The molecule has 2 rings (SSSR count). The highest BCUT2D eigenvalue weighted by atomic mass is 16.3. The van der Waals surface area contributed by atoms with Gasteiger partial charge in [-0.05, 0) is 30.4 Å². The molecule has 1 aromatic carbocycles. The molecule has 0 aromatic heterocycles. The SMILES string of the molecule is C[C@H]1C[C@@H](CO)CN(c2ccccc2)C1. The first-order chi connectivity index (χ1) is 7.29. The van der Waals surface area contributed by atoms with E-state index >= 15 is 0 Å². The van der Waals surface area contributed by atoms with E-state index in [2.05, 4.69) is 36.1 Å². The van der Waals surface area contributed by atoms with Gasteiger partial charge in [0.2, 0.25) is 0 Å². The standard InChI is InChI=1S/C13H19NO/c1-11-7-12(10-15)9-14(8-11)13-5-3-2-4-6-13/h2-6,11-12,15H,7-10H2,1H3/t11-,12+/m0/s1. The highest BCUT2D eigenvalue weighted by molar-refractivity contribution is 5.46. The molecule has 0 amide bonds. The first-order valence-electron chi connectivity index (χ1n) is 5.70. The van der Waals surface area contributed by atoms with Crippen LogP contribution in [0.3, 0.4) is 0 Å². The Morgan fingerprint density at radius 3 is 2.67 bits per heavy atom. The van der Waals surface area contributed by atoms with Crippen LogP contribution in [0.2, 0.25) is 0 Å². The number of para-hydroxylation sites is 1. The Hall–Kier alpha value is -1.02. The van der Waals surface area contributed by atoms with Gasteiger partial charge in [-0.15, -0.1) is 0 Å². The molecule has 1 saturated heterocycles. The molecule has 2 atom stereocenters. The molecular formula is C13H19NO. The first kappa shape index (κ1) is 10.5. The number of hydrogen-bond acceptors (Lipinski definition) is 2. The van der Waals surface area contributed by atoms with Crippen molar-refractivity contribution in [2.24, 2.45) is 11.8 Å². The van der Waals surface area contributed by atoms with Gasteiger partial charge >= 0.3 is 0 Å². The van der Waals surface area contributed by atoms with E-state index < -0.39 is 0 Å². The predicted molar refractivity (Wildman–Crippen MR) is 63.0 cm³/mol. The number of anilines is 1. The van der Waals surface area contributed by atoms with E-state index in [0.717, 1.165) is 19.5 Å². The van der Waals surface area contributed by atoms with Gasteiger partial charge in [0.15, 0.2) is 0 Å². The number of benzene rings is 1. The summed E-state index contributed by atoms with van der Waals surface area (Å²) in [5, 5.41) is 9.25. The molecule has 0 bridgehead atoms. The third-order valence-electron chi connectivity index (χ3n) is 3.13. The van der Waals surface area contributed by atoms with Crippen LogP contribution in [0.1, 0.15) is 13.3 Å². The highest BCUT2D eigenvalue weighted by Gasteiger charge is 2.23. The molecule has 0 saturated carbocycles. The maximum atomic E-state index is 9.25. The fraction of sp³-hybridized carbons (Fsp3) is 0.538. The smallest absolute Gasteiger partial charge is 0.0476 e. The lowest BCUT2D eigenvalue weighted by Gasteiger charge is -2.37. The van der Waals surface area contributed by atoms with E-state index in [1.165, 1.54) is 5.69 Å². The zero-order chi connectivity index (χ0) is 10.7. The van der Waals surface area contributed by atoms with Crippen LogP contribution in [0.5, 0.6) is 0 Å². The van der Waals surface area contributed by atoms with E-state index in [4.69, 9.17) is 0 Å². The molecule has 1 aliphatic heterocycles. The van der Waals surface area contributed by atoms with Crippen molar-refractivity contribution in [2.45, 2.75) is 13.3 Å². The summed E-state index contributed by atoms with van der Waals surface area (Å²) in [5.74, 6) is 1.12. The molecule has 0 radical (unpaired) electrons. The molecule has 15 heavy (non-hydrogen) atoms. The lowest BCUT2D eigenvalue weighted by atomic mass is 9.91. The summed E-state index contributed by atoms with van der Waals surface area (Å²) in [5.41, 5.74) is 1.28. The minimum atomic E-state index is 0.313. The van der Waals surface area contributed by atoms with Gasteiger partial charge in [-0.2, -0.15) is 0 Å². The summed E-state index contributed by atoms with van der Waals surface area (Å²) in [6.07, 6.45) is 1.15. The third kappa shape index (κ3) is 2.51. The molecule has 82 valence electrons. The lowest BCUT2D eigenvalue weighted by Crippen LogP contribution is -2.40. The Kier molecular flexibility index (Phi) is 3.27. The van der Waals surface area contributed by atoms with E-state index in [0.29, 0.717) is 18.4 Å². The molecule has 0 aliphatic carbocycles. The van der Waals surface area contributed by atoms with Crippen molar-refractivity contribution in [3.8, 4) is 0 Å². The van der Waals surface area contributed by atoms with Crippen molar-refractivity contribution in [1.29, 1.82) is 0 Å². The zero-order valence-corrected chi connectivity index (χ0v) is 9.26. The third-order valence-corrected chi connectivity index (χ3v) is 3.13. The fourth-order valence-electron chi connectivity index (χ4n) is 2.46. The van der Waals surface area contributed by atoms with E-state index in [-0.39, 0.29) is 0 Å². The molecule has 0 spiro atoms. The minimum absolute atomic E-state index is 0.313. The van der Waals surface area contributed by atoms with E-state index in [1.807, 2.05) is 6.07 Å². The van der Waals surface area contributed by atoms with Gasteiger partial charge < -0.3 is 10.0 Å². The summed E-state index contributed by atoms with van der Waals surface area (Å²) >= 11 is 0. The summed E-state index contributed by atoms with van der Waals surface area (Å²) in [7, 11) is 0. The van der Waals surface area contributed by atoms with Crippen LogP contribution in [0.4, 0.5) is 5.69 Å². The Balaban J connectivity index is 2.09. The molecule has 2 heteroatoms. The summed E-state index contributed by atoms with van der Waals surface area (Å²) in [6.45, 7) is 4.68. The largest absolute Gasteiger partial charge is 0.396 e. The number of aliphatic hydroxyl groups is 1. The van der Waals surface area contributed by atoms with Crippen molar-refractivity contribution < 1.29 is 5.11 Å². The van der Waals surface area contributed by atoms with Gasteiger partial charge in [0.1, 0.15) is 0 Å². The number of hydrogen-bond donors (Lipinski definition) is 1. The average molecular weight is 205 g/mol. The zero-order valence-electron chi connectivity index (χ0n) is 9.26. The van der Waals surface area contributed by atoms with Crippen molar-refractivity contribution >= 4 is 5.69 Å². The van der Waals surface area contributed by atoms with Crippen molar-refractivity contribution in [2.75, 3.05) is 24.6 Å². The molecule has 2 nitrogen and oxygen atoms in total. The fourth-order valence-corrected chi connectivity index (χ4v) is 2.46.